The Kier molecular flexibility index (Phi) is 15.7. The van der Waals surface area contributed by atoms with Gasteiger partial charge in [-0.3, -0.25) is 9.59 Å². The highest BCUT2D eigenvalue weighted by molar-refractivity contribution is 5.69. The Labute approximate surface area is 155 Å². The normalized spacial score (nSPS) is 12.2. The van der Waals surface area contributed by atoms with Crippen molar-refractivity contribution in [2.45, 2.75) is 97.3 Å². The molecule has 0 bridgehead atoms. The summed E-state index contributed by atoms with van der Waals surface area (Å²) in [6, 6.07) is 0. The molecule has 1 unspecified atom stereocenters. The lowest BCUT2D eigenvalue weighted by molar-refractivity contribution is -0.142. The minimum Gasteiger partial charge on any atom is -0.469 e. The Bertz CT molecular complexity index is 339. The average molecular weight is 357 g/mol. The molecule has 0 fully saturated rings. The van der Waals surface area contributed by atoms with Gasteiger partial charge in [0.1, 0.15) is 0 Å². The van der Waals surface area contributed by atoms with Crippen molar-refractivity contribution in [1.29, 1.82) is 0 Å². The van der Waals surface area contributed by atoms with Crippen molar-refractivity contribution in [3.63, 3.8) is 0 Å². The standard InChI is InChI=1S/C21H40O4/c1-18(2)19(17-21(23)25-4)15-13-11-9-7-5-6-8-10-12-14-16-20(22)24-3/h18-19H,5-17H2,1-4H3. The van der Waals surface area contributed by atoms with Crippen LogP contribution in [0.3, 0.4) is 0 Å². The summed E-state index contributed by atoms with van der Waals surface area (Å²) >= 11 is 0. The van der Waals surface area contributed by atoms with Crippen LogP contribution < -0.4 is 0 Å². The summed E-state index contributed by atoms with van der Waals surface area (Å²) in [7, 11) is 2.92. The maximum Gasteiger partial charge on any atom is 0.305 e. The van der Waals surface area contributed by atoms with Gasteiger partial charge in [0.15, 0.2) is 0 Å². The molecule has 0 heterocycles. The summed E-state index contributed by atoms with van der Waals surface area (Å²) in [6.07, 6.45) is 14.5. The summed E-state index contributed by atoms with van der Waals surface area (Å²) in [4.78, 5) is 22.4. The summed E-state index contributed by atoms with van der Waals surface area (Å²) in [5.74, 6) is 0.826. The number of hydrogen-bond donors (Lipinski definition) is 0. The highest BCUT2D eigenvalue weighted by atomic mass is 16.5. The van der Waals surface area contributed by atoms with Gasteiger partial charge in [0, 0.05) is 12.8 Å². The quantitative estimate of drug-likeness (QED) is 0.264. The maximum atomic E-state index is 11.4. The Hall–Kier alpha value is -1.06. The molecule has 4 nitrogen and oxygen atoms in total. The number of rotatable bonds is 16. The smallest absolute Gasteiger partial charge is 0.305 e. The van der Waals surface area contributed by atoms with Crippen molar-refractivity contribution in [2.75, 3.05) is 14.2 Å². The van der Waals surface area contributed by atoms with E-state index in [9.17, 15) is 9.59 Å². The van der Waals surface area contributed by atoms with Crippen LogP contribution in [0.2, 0.25) is 0 Å². The minimum atomic E-state index is -0.0914. The second-order valence-electron chi connectivity index (χ2n) is 7.43. The molecule has 25 heavy (non-hydrogen) atoms. The summed E-state index contributed by atoms with van der Waals surface area (Å²) in [5.41, 5.74) is 0. The number of ether oxygens (including phenoxy) is 2. The Morgan fingerprint density at radius 2 is 1.12 bits per heavy atom. The molecule has 0 rings (SSSR count). The first-order valence-electron chi connectivity index (χ1n) is 10.1. The zero-order valence-electron chi connectivity index (χ0n) is 17.0. The van der Waals surface area contributed by atoms with E-state index >= 15 is 0 Å². The highest BCUT2D eigenvalue weighted by Crippen LogP contribution is 2.23. The van der Waals surface area contributed by atoms with E-state index in [1.54, 1.807) is 0 Å². The van der Waals surface area contributed by atoms with Crippen molar-refractivity contribution in [3.8, 4) is 0 Å². The summed E-state index contributed by atoms with van der Waals surface area (Å²) < 4.78 is 9.43. The first kappa shape index (κ1) is 23.9. The van der Waals surface area contributed by atoms with Crippen molar-refractivity contribution in [2.24, 2.45) is 11.8 Å². The monoisotopic (exact) mass is 356 g/mol. The first-order valence-corrected chi connectivity index (χ1v) is 10.1. The van der Waals surface area contributed by atoms with Gasteiger partial charge in [-0.2, -0.15) is 0 Å². The van der Waals surface area contributed by atoms with Gasteiger partial charge in [0.25, 0.3) is 0 Å². The molecular weight excluding hydrogens is 316 g/mol. The van der Waals surface area contributed by atoms with Crippen LogP contribution in [-0.4, -0.2) is 26.2 Å². The van der Waals surface area contributed by atoms with Crippen LogP contribution in [0, 0.1) is 11.8 Å². The second kappa shape index (κ2) is 16.4. The number of unbranched alkanes of at least 4 members (excludes halogenated alkanes) is 9. The van der Waals surface area contributed by atoms with Crippen molar-refractivity contribution < 1.29 is 19.1 Å². The fourth-order valence-electron chi connectivity index (χ4n) is 3.16. The molecule has 0 saturated carbocycles. The molecule has 0 saturated heterocycles. The van der Waals surface area contributed by atoms with Crippen LogP contribution in [0.4, 0.5) is 0 Å². The van der Waals surface area contributed by atoms with Crippen molar-refractivity contribution in [3.05, 3.63) is 0 Å². The molecule has 1 atom stereocenters. The molecule has 0 spiro atoms. The van der Waals surface area contributed by atoms with Crippen molar-refractivity contribution in [1.82, 2.24) is 0 Å². The third-order valence-electron chi connectivity index (χ3n) is 5.03. The maximum absolute atomic E-state index is 11.4. The molecule has 0 aromatic carbocycles. The molecule has 0 aromatic rings. The summed E-state index contributed by atoms with van der Waals surface area (Å²) in [6.45, 7) is 4.39. The zero-order chi connectivity index (χ0) is 18.9. The topological polar surface area (TPSA) is 52.6 Å². The second-order valence-corrected chi connectivity index (χ2v) is 7.43. The Balaban J connectivity index is 3.42. The van der Waals surface area contributed by atoms with E-state index in [4.69, 9.17) is 4.74 Å². The molecule has 0 aliphatic heterocycles. The van der Waals surface area contributed by atoms with E-state index < -0.39 is 0 Å². The molecule has 148 valence electrons. The summed E-state index contributed by atoms with van der Waals surface area (Å²) in [5, 5.41) is 0. The van der Waals surface area contributed by atoms with Crippen LogP contribution in [0.5, 0.6) is 0 Å². The van der Waals surface area contributed by atoms with Crippen LogP contribution in [0.25, 0.3) is 0 Å². The van der Waals surface area contributed by atoms with Crippen LogP contribution in [-0.2, 0) is 19.1 Å². The SMILES string of the molecule is COC(=O)CCCCCCCCCCCCC(CC(=O)OC)C(C)C. The third kappa shape index (κ3) is 14.9. The fourth-order valence-corrected chi connectivity index (χ4v) is 3.16. The fraction of sp³-hybridized carbons (Fsp3) is 0.905. The van der Waals surface area contributed by atoms with Gasteiger partial charge in [-0.05, 0) is 24.7 Å². The van der Waals surface area contributed by atoms with Gasteiger partial charge in [-0.15, -0.1) is 0 Å². The number of hydrogen-bond acceptors (Lipinski definition) is 4. The predicted octanol–water partition coefficient (Wildman–Crippen LogP) is 5.68. The van der Waals surface area contributed by atoms with E-state index in [1.165, 1.54) is 65.6 Å². The van der Waals surface area contributed by atoms with E-state index in [0.717, 1.165) is 19.3 Å². The predicted molar refractivity (Wildman–Crippen MR) is 102 cm³/mol. The number of methoxy groups -OCH3 is 2. The van der Waals surface area contributed by atoms with Gasteiger partial charge in [-0.25, -0.2) is 0 Å². The van der Waals surface area contributed by atoms with Crippen LogP contribution in [0.1, 0.15) is 97.3 Å². The lowest BCUT2D eigenvalue weighted by atomic mass is 9.87. The zero-order valence-corrected chi connectivity index (χ0v) is 17.0. The van der Waals surface area contributed by atoms with Crippen LogP contribution in [0.15, 0.2) is 0 Å². The Morgan fingerprint density at radius 3 is 1.56 bits per heavy atom. The van der Waals surface area contributed by atoms with Gasteiger partial charge in [-0.1, -0.05) is 71.6 Å². The number of carbonyl (C=O) groups excluding carboxylic acids is 2. The molecule has 4 heteroatoms. The molecule has 0 radical (unpaired) electrons. The molecule has 0 amide bonds. The molecular formula is C21H40O4. The minimum absolute atomic E-state index is 0.0784. The molecule has 0 N–H and O–H groups in total. The lowest BCUT2D eigenvalue weighted by Gasteiger charge is -2.19. The molecule has 0 aliphatic carbocycles. The number of esters is 2. The molecule has 0 aromatic heterocycles. The number of carbonyl (C=O) groups is 2. The van der Waals surface area contributed by atoms with Gasteiger partial charge in [0.2, 0.25) is 0 Å². The lowest BCUT2D eigenvalue weighted by Crippen LogP contribution is -2.15. The van der Waals surface area contributed by atoms with Gasteiger partial charge in [0.05, 0.1) is 14.2 Å². The van der Waals surface area contributed by atoms with Crippen molar-refractivity contribution >= 4 is 11.9 Å². The van der Waals surface area contributed by atoms with E-state index in [2.05, 4.69) is 18.6 Å². The van der Waals surface area contributed by atoms with Gasteiger partial charge >= 0.3 is 11.9 Å². The van der Waals surface area contributed by atoms with E-state index in [1.807, 2.05) is 0 Å². The first-order chi connectivity index (χ1) is 12.0. The van der Waals surface area contributed by atoms with E-state index in [0.29, 0.717) is 24.7 Å². The van der Waals surface area contributed by atoms with Gasteiger partial charge < -0.3 is 9.47 Å². The average Bonchev–Trinajstić information content (AvgIpc) is 2.60. The molecule has 0 aliphatic rings. The Morgan fingerprint density at radius 1 is 0.680 bits per heavy atom. The van der Waals surface area contributed by atoms with Crippen LogP contribution >= 0.6 is 0 Å². The van der Waals surface area contributed by atoms with E-state index in [-0.39, 0.29) is 11.9 Å². The highest BCUT2D eigenvalue weighted by Gasteiger charge is 2.17. The largest absolute Gasteiger partial charge is 0.469 e. The third-order valence-corrected chi connectivity index (χ3v) is 5.03.